The molecule has 142 valence electrons. The Labute approximate surface area is 159 Å². The van der Waals surface area contributed by atoms with Gasteiger partial charge in [-0.15, -0.1) is 0 Å². The van der Waals surface area contributed by atoms with E-state index in [1.807, 2.05) is 6.92 Å². The lowest BCUT2D eigenvalue weighted by atomic mass is 10.1. The van der Waals surface area contributed by atoms with Gasteiger partial charge in [-0.25, -0.2) is 0 Å². The Kier molecular flexibility index (Phi) is 7.11. The average molecular weight is 368 g/mol. The van der Waals surface area contributed by atoms with Gasteiger partial charge in [-0.2, -0.15) is 0 Å². The molecule has 0 aliphatic heterocycles. The highest BCUT2D eigenvalue weighted by atomic mass is 16.5. The number of nitrogens with one attached hydrogen (secondary N) is 1. The summed E-state index contributed by atoms with van der Waals surface area (Å²) < 4.78 is 5.43. The molecule has 0 saturated carbocycles. The molecule has 0 spiro atoms. The van der Waals surface area contributed by atoms with Crippen molar-refractivity contribution in [1.29, 1.82) is 0 Å². The van der Waals surface area contributed by atoms with Crippen LogP contribution in [-0.4, -0.2) is 43.2 Å². The van der Waals surface area contributed by atoms with Gasteiger partial charge >= 0.3 is 0 Å². The van der Waals surface area contributed by atoms with Crippen LogP contribution in [0.1, 0.15) is 39.6 Å². The van der Waals surface area contributed by atoms with Crippen LogP contribution in [-0.2, 0) is 11.3 Å². The monoisotopic (exact) mass is 368 g/mol. The highest BCUT2D eigenvalue weighted by molar-refractivity contribution is 5.96. The van der Waals surface area contributed by atoms with Gasteiger partial charge in [0, 0.05) is 38.2 Å². The van der Waals surface area contributed by atoms with Crippen molar-refractivity contribution in [3.63, 3.8) is 0 Å². The topological polar surface area (TPSA) is 75.7 Å². The minimum atomic E-state index is -0.253. The maximum Gasteiger partial charge on any atom is 0.258 e. The zero-order valence-corrected chi connectivity index (χ0v) is 15.8. The zero-order valence-electron chi connectivity index (χ0n) is 15.8. The van der Waals surface area contributed by atoms with Gasteiger partial charge in [0.15, 0.2) is 12.4 Å². The van der Waals surface area contributed by atoms with Crippen molar-refractivity contribution in [3.8, 4) is 5.75 Å². The summed E-state index contributed by atoms with van der Waals surface area (Å²) in [6.45, 7) is 2.05. The largest absolute Gasteiger partial charge is 0.484 e. The molecule has 0 bridgehead atoms. The van der Waals surface area contributed by atoms with E-state index in [1.165, 1.54) is 4.90 Å². The van der Waals surface area contributed by atoms with Crippen molar-refractivity contribution in [1.82, 2.24) is 10.2 Å². The Morgan fingerprint density at radius 3 is 2.07 bits per heavy atom. The number of rotatable bonds is 8. The molecule has 0 aliphatic rings. The molecule has 0 aromatic heterocycles. The van der Waals surface area contributed by atoms with Crippen LogP contribution < -0.4 is 10.1 Å². The van der Waals surface area contributed by atoms with Crippen molar-refractivity contribution in [3.05, 3.63) is 65.2 Å². The predicted octanol–water partition coefficient (Wildman–Crippen LogP) is 2.68. The Hall–Kier alpha value is -3.15. The number of nitrogens with zero attached hydrogens (tertiary/aromatic N) is 1. The zero-order chi connectivity index (χ0) is 19.8. The molecule has 0 atom stereocenters. The second-order valence-corrected chi connectivity index (χ2v) is 6.26. The van der Waals surface area contributed by atoms with Gasteiger partial charge < -0.3 is 15.0 Å². The van der Waals surface area contributed by atoms with E-state index in [-0.39, 0.29) is 24.2 Å². The normalized spacial score (nSPS) is 10.2. The van der Waals surface area contributed by atoms with Crippen LogP contribution in [0.15, 0.2) is 48.5 Å². The Balaban J connectivity index is 1.79. The number of carbonyl (C=O) groups is 3. The fourth-order valence-corrected chi connectivity index (χ4v) is 2.37. The molecule has 27 heavy (non-hydrogen) atoms. The number of hydrogen-bond acceptors (Lipinski definition) is 4. The highest BCUT2D eigenvalue weighted by Crippen LogP contribution is 2.13. The predicted molar refractivity (Wildman–Crippen MR) is 103 cm³/mol. The van der Waals surface area contributed by atoms with Crippen LogP contribution in [0.5, 0.6) is 5.75 Å². The van der Waals surface area contributed by atoms with E-state index in [4.69, 9.17) is 4.74 Å². The first-order chi connectivity index (χ1) is 12.9. The maximum absolute atomic E-state index is 11.9. The molecule has 2 amide bonds. The second kappa shape index (κ2) is 9.52. The van der Waals surface area contributed by atoms with Gasteiger partial charge in [0.25, 0.3) is 11.8 Å². The number of ketones is 1. The lowest BCUT2D eigenvalue weighted by molar-refractivity contribution is -0.123. The molecule has 0 heterocycles. The van der Waals surface area contributed by atoms with E-state index in [1.54, 1.807) is 62.6 Å². The summed E-state index contributed by atoms with van der Waals surface area (Å²) in [5, 5.41) is 2.77. The third-order valence-electron chi connectivity index (χ3n) is 3.96. The molecule has 0 radical (unpaired) electrons. The van der Waals surface area contributed by atoms with Crippen molar-refractivity contribution in [2.75, 3.05) is 20.7 Å². The van der Waals surface area contributed by atoms with Crippen LogP contribution in [0.2, 0.25) is 0 Å². The van der Waals surface area contributed by atoms with Gasteiger partial charge in [-0.3, -0.25) is 14.4 Å². The van der Waals surface area contributed by atoms with Crippen LogP contribution in [0, 0.1) is 0 Å². The number of hydrogen-bond donors (Lipinski definition) is 1. The number of benzene rings is 2. The molecule has 6 heteroatoms. The number of amides is 2. The van der Waals surface area contributed by atoms with Gasteiger partial charge in [0.2, 0.25) is 0 Å². The van der Waals surface area contributed by atoms with E-state index < -0.39 is 0 Å². The number of Topliss-reactive ketones (excluding diaryl/α,β-unsaturated/α-hetero) is 1. The first-order valence-electron chi connectivity index (χ1n) is 8.74. The van der Waals surface area contributed by atoms with Crippen molar-refractivity contribution < 1.29 is 19.1 Å². The molecule has 0 unspecified atom stereocenters. The summed E-state index contributed by atoms with van der Waals surface area (Å²) in [6, 6.07) is 13.8. The van der Waals surface area contributed by atoms with Gasteiger partial charge in [-0.05, 0) is 42.0 Å². The second-order valence-electron chi connectivity index (χ2n) is 6.26. The van der Waals surface area contributed by atoms with E-state index in [9.17, 15) is 14.4 Å². The van der Waals surface area contributed by atoms with Gasteiger partial charge in [0.1, 0.15) is 5.75 Å². The van der Waals surface area contributed by atoms with Gasteiger partial charge in [0.05, 0.1) is 0 Å². The fraction of sp³-hybridized carbons (Fsp3) is 0.286. The molecule has 0 aliphatic carbocycles. The summed E-state index contributed by atoms with van der Waals surface area (Å²) in [5.41, 5.74) is 2.12. The number of ether oxygens (including phenoxy) is 1. The lowest BCUT2D eigenvalue weighted by Crippen LogP contribution is -2.28. The van der Waals surface area contributed by atoms with E-state index in [2.05, 4.69) is 5.32 Å². The van der Waals surface area contributed by atoms with E-state index >= 15 is 0 Å². The standard InChI is InChI=1S/C21H24N2O4/c1-4-19(24)16-9-11-18(12-10-16)27-14-20(25)22-13-15-5-7-17(8-6-15)21(26)23(2)3/h5-12H,4,13-14H2,1-3H3,(H,22,25). The quantitative estimate of drug-likeness (QED) is 0.727. The molecular formula is C21H24N2O4. The molecule has 1 N–H and O–H groups in total. The van der Waals surface area contributed by atoms with Crippen molar-refractivity contribution >= 4 is 17.6 Å². The van der Waals surface area contributed by atoms with E-state index in [0.29, 0.717) is 29.8 Å². The minimum absolute atomic E-state index is 0.0642. The minimum Gasteiger partial charge on any atom is -0.484 e. The molecule has 2 aromatic rings. The molecule has 6 nitrogen and oxygen atoms in total. The molecule has 2 aromatic carbocycles. The average Bonchev–Trinajstić information content (AvgIpc) is 2.70. The Morgan fingerprint density at radius 2 is 1.52 bits per heavy atom. The Bertz CT molecular complexity index is 796. The summed E-state index contributed by atoms with van der Waals surface area (Å²) in [5.74, 6) is 0.282. The number of carbonyl (C=O) groups excluding carboxylic acids is 3. The van der Waals surface area contributed by atoms with Crippen LogP contribution in [0.25, 0.3) is 0 Å². The highest BCUT2D eigenvalue weighted by Gasteiger charge is 2.08. The third kappa shape index (κ3) is 5.95. The van der Waals surface area contributed by atoms with Crippen molar-refractivity contribution in [2.45, 2.75) is 19.9 Å². The molecule has 0 fully saturated rings. The first kappa shape index (κ1) is 20.2. The maximum atomic E-state index is 11.9. The smallest absolute Gasteiger partial charge is 0.258 e. The van der Waals surface area contributed by atoms with Crippen LogP contribution >= 0.6 is 0 Å². The third-order valence-corrected chi connectivity index (χ3v) is 3.96. The van der Waals surface area contributed by atoms with E-state index in [0.717, 1.165) is 5.56 Å². The fourth-order valence-electron chi connectivity index (χ4n) is 2.37. The van der Waals surface area contributed by atoms with Crippen LogP contribution in [0.4, 0.5) is 0 Å². The van der Waals surface area contributed by atoms with Gasteiger partial charge in [-0.1, -0.05) is 19.1 Å². The van der Waals surface area contributed by atoms with Crippen LogP contribution in [0.3, 0.4) is 0 Å². The Morgan fingerprint density at radius 1 is 0.926 bits per heavy atom. The molecular weight excluding hydrogens is 344 g/mol. The molecule has 2 rings (SSSR count). The summed E-state index contributed by atoms with van der Waals surface area (Å²) in [6.07, 6.45) is 0.451. The lowest BCUT2D eigenvalue weighted by Gasteiger charge is -2.11. The first-order valence-corrected chi connectivity index (χ1v) is 8.74. The summed E-state index contributed by atoms with van der Waals surface area (Å²) in [4.78, 5) is 36.9. The summed E-state index contributed by atoms with van der Waals surface area (Å²) >= 11 is 0. The molecule has 0 saturated heterocycles. The SMILES string of the molecule is CCC(=O)c1ccc(OCC(=O)NCc2ccc(C(=O)N(C)C)cc2)cc1. The van der Waals surface area contributed by atoms with Crippen molar-refractivity contribution in [2.24, 2.45) is 0 Å². The summed E-state index contributed by atoms with van der Waals surface area (Å²) in [7, 11) is 3.40.